The van der Waals surface area contributed by atoms with Crippen molar-refractivity contribution in [3.8, 4) is 0 Å². The first kappa shape index (κ1) is 17.7. The van der Waals surface area contributed by atoms with Gasteiger partial charge in [0, 0.05) is 26.2 Å². The fourth-order valence-electron chi connectivity index (χ4n) is 2.41. The van der Waals surface area contributed by atoms with Gasteiger partial charge in [-0.2, -0.15) is 5.10 Å². The van der Waals surface area contributed by atoms with Gasteiger partial charge in [0.05, 0.1) is 12.1 Å². The number of nitrogens with zero attached hydrogens (tertiary/aromatic N) is 2. The summed E-state index contributed by atoms with van der Waals surface area (Å²) in [6.45, 7) is 0.173. The Bertz CT molecular complexity index is 714. The van der Waals surface area contributed by atoms with E-state index in [-0.39, 0.29) is 24.7 Å². The van der Waals surface area contributed by atoms with E-state index in [0.717, 1.165) is 11.1 Å². The fraction of sp³-hybridized carbons (Fsp3) is 0.353. The number of nitrogens with two attached hydrogens (primary N) is 1. The Balaban J connectivity index is 1.80. The number of halogens is 1. The number of carbonyl (C=O) groups excluding carboxylic acids is 2. The molecule has 0 aliphatic carbocycles. The van der Waals surface area contributed by atoms with Gasteiger partial charge in [-0.15, -0.1) is 0 Å². The molecule has 2 amide bonds. The van der Waals surface area contributed by atoms with E-state index in [4.69, 9.17) is 5.73 Å². The molecule has 1 aromatic carbocycles. The lowest BCUT2D eigenvalue weighted by Gasteiger charge is -2.13. The first-order valence-corrected chi connectivity index (χ1v) is 7.72. The van der Waals surface area contributed by atoms with Crippen molar-refractivity contribution in [3.63, 3.8) is 0 Å². The lowest BCUT2D eigenvalue weighted by Crippen LogP contribution is -2.37. The van der Waals surface area contributed by atoms with Crippen LogP contribution in [0, 0.1) is 11.7 Å². The first-order valence-electron chi connectivity index (χ1n) is 7.72. The number of rotatable bonds is 8. The number of hydrogen-bond donors (Lipinski definition) is 2. The summed E-state index contributed by atoms with van der Waals surface area (Å²) >= 11 is 0. The summed E-state index contributed by atoms with van der Waals surface area (Å²) in [7, 11) is 1.79. The van der Waals surface area contributed by atoms with Crippen molar-refractivity contribution in [2.24, 2.45) is 18.7 Å². The SMILES string of the molecule is Cn1cc(C[C@H](CNC(=O)CCc2cccc(F)c2)C(N)=O)cn1. The summed E-state index contributed by atoms with van der Waals surface area (Å²) in [5.41, 5.74) is 7.04. The van der Waals surface area contributed by atoms with Crippen LogP contribution in [0.5, 0.6) is 0 Å². The molecular formula is C17H21FN4O2. The molecule has 0 aliphatic heterocycles. The molecule has 0 bridgehead atoms. The molecule has 0 saturated carbocycles. The van der Waals surface area contributed by atoms with Gasteiger partial charge >= 0.3 is 0 Å². The van der Waals surface area contributed by atoms with Crippen LogP contribution in [0.15, 0.2) is 36.7 Å². The predicted molar refractivity (Wildman–Crippen MR) is 87.3 cm³/mol. The topological polar surface area (TPSA) is 90.0 Å². The number of aryl methyl sites for hydroxylation is 2. The predicted octanol–water partition coefficient (Wildman–Crippen LogP) is 0.952. The minimum atomic E-state index is -0.493. The first-order chi connectivity index (χ1) is 11.4. The molecule has 128 valence electrons. The van der Waals surface area contributed by atoms with E-state index in [1.165, 1.54) is 12.1 Å². The maximum Gasteiger partial charge on any atom is 0.222 e. The number of primary amides is 1. The highest BCUT2D eigenvalue weighted by Crippen LogP contribution is 2.08. The van der Waals surface area contributed by atoms with Gasteiger partial charge in [-0.1, -0.05) is 12.1 Å². The Morgan fingerprint density at radius 3 is 2.79 bits per heavy atom. The molecule has 0 saturated heterocycles. The van der Waals surface area contributed by atoms with E-state index in [1.807, 2.05) is 6.20 Å². The standard InChI is InChI=1S/C17H21FN4O2/c1-22-11-13(9-21-22)7-14(17(19)24)10-20-16(23)6-5-12-3-2-4-15(18)8-12/h2-4,8-9,11,14H,5-7,10H2,1H3,(H2,19,24)(H,20,23)/t14-/m1/s1. The molecule has 0 aliphatic rings. The Labute approximate surface area is 139 Å². The van der Waals surface area contributed by atoms with Crippen LogP contribution in [0.2, 0.25) is 0 Å². The van der Waals surface area contributed by atoms with E-state index in [1.54, 1.807) is 30.1 Å². The summed E-state index contributed by atoms with van der Waals surface area (Å²) in [5.74, 6) is -1.48. The van der Waals surface area contributed by atoms with Gasteiger partial charge in [-0.05, 0) is 36.1 Å². The molecular weight excluding hydrogens is 311 g/mol. The van der Waals surface area contributed by atoms with Crippen molar-refractivity contribution in [1.29, 1.82) is 0 Å². The molecule has 0 radical (unpaired) electrons. The molecule has 3 N–H and O–H groups in total. The highest BCUT2D eigenvalue weighted by Gasteiger charge is 2.18. The van der Waals surface area contributed by atoms with Gasteiger partial charge in [0.1, 0.15) is 5.82 Å². The molecule has 24 heavy (non-hydrogen) atoms. The highest BCUT2D eigenvalue weighted by atomic mass is 19.1. The third-order valence-corrected chi connectivity index (χ3v) is 3.72. The lowest BCUT2D eigenvalue weighted by molar-refractivity contribution is -0.123. The minimum Gasteiger partial charge on any atom is -0.369 e. The summed E-state index contributed by atoms with van der Waals surface area (Å²) in [5, 5.41) is 6.76. The highest BCUT2D eigenvalue weighted by molar-refractivity contribution is 5.80. The number of benzene rings is 1. The second-order valence-corrected chi connectivity index (χ2v) is 5.76. The Morgan fingerprint density at radius 1 is 1.38 bits per heavy atom. The van der Waals surface area contributed by atoms with Crippen LogP contribution < -0.4 is 11.1 Å². The molecule has 2 rings (SSSR count). The lowest BCUT2D eigenvalue weighted by atomic mass is 10.0. The van der Waals surface area contributed by atoms with Gasteiger partial charge in [-0.3, -0.25) is 14.3 Å². The Morgan fingerprint density at radius 2 is 2.17 bits per heavy atom. The van der Waals surface area contributed by atoms with Crippen molar-refractivity contribution in [2.45, 2.75) is 19.3 Å². The van der Waals surface area contributed by atoms with E-state index >= 15 is 0 Å². The van der Waals surface area contributed by atoms with E-state index in [2.05, 4.69) is 10.4 Å². The number of aromatic nitrogens is 2. The molecule has 6 nitrogen and oxygen atoms in total. The van der Waals surface area contributed by atoms with Crippen LogP contribution in [0.1, 0.15) is 17.5 Å². The van der Waals surface area contributed by atoms with Crippen molar-refractivity contribution in [2.75, 3.05) is 6.54 Å². The Kier molecular flexibility index (Phi) is 6.06. The van der Waals surface area contributed by atoms with Gasteiger partial charge in [0.25, 0.3) is 0 Å². The molecule has 1 atom stereocenters. The molecule has 0 spiro atoms. The van der Waals surface area contributed by atoms with Gasteiger partial charge < -0.3 is 11.1 Å². The Hall–Kier alpha value is -2.70. The number of carbonyl (C=O) groups is 2. The molecule has 1 heterocycles. The van der Waals surface area contributed by atoms with Crippen LogP contribution in [0.4, 0.5) is 4.39 Å². The van der Waals surface area contributed by atoms with Gasteiger partial charge in [0.15, 0.2) is 0 Å². The monoisotopic (exact) mass is 332 g/mol. The van der Waals surface area contributed by atoms with Gasteiger partial charge in [-0.25, -0.2) is 4.39 Å². The van der Waals surface area contributed by atoms with Crippen molar-refractivity contribution in [1.82, 2.24) is 15.1 Å². The second kappa shape index (κ2) is 8.24. The number of amides is 2. The van der Waals surface area contributed by atoms with Crippen LogP contribution in [-0.4, -0.2) is 28.1 Å². The van der Waals surface area contributed by atoms with Crippen LogP contribution in [0.25, 0.3) is 0 Å². The number of nitrogens with one attached hydrogen (secondary N) is 1. The molecule has 7 heteroatoms. The van der Waals surface area contributed by atoms with Gasteiger partial charge in [0.2, 0.25) is 11.8 Å². The zero-order chi connectivity index (χ0) is 17.5. The molecule has 0 fully saturated rings. The van der Waals surface area contributed by atoms with E-state index in [0.29, 0.717) is 12.8 Å². The van der Waals surface area contributed by atoms with Crippen molar-refractivity contribution < 1.29 is 14.0 Å². The smallest absolute Gasteiger partial charge is 0.222 e. The minimum absolute atomic E-state index is 0.173. The van der Waals surface area contributed by atoms with E-state index < -0.39 is 11.8 Å². The van der Waals surface area contributed by atoms with Crippen LogP contribution in [-0.2, 0) is 29.5 Å². The zero-order valence-electron chi connectivity index (χ0n) is 13.5. The molecule has 1 aromatic heterocycles. The summed E-state index contributed by atoms with van der Waals surface area (Å²) in [4.78, 5) is 23.5. The third-order valence-electron chi connectivity index (χ3n) is 3.72. The fourth-order valence-corrected chi connectivity index (χ4v) is 2.41. The largest absolute Gasteiger partial charge is 0.369 e. The summed E-state index contributed by atoms with van der Waals surface area (Å²) in [6.07, 6.45) is 4.56. The normalized spacial score (nSPS) is 11.9. The average molecular weight is 332 g/mol. The average Bonchev–Trinajstić information content (AvgIpc) is 2.94. The molecule has 2 aromatic rings. The summed E-state index contributed by atoms with van der Waals surface area (Å²) < 4.78 is 14.7. The van der Waals surface area contributed by atoms with Crippen molar-refractivity contribution in [3.05, 3.63) is 53.6 Å². The van der Waals surface area contributed by atoms with E-state index in [9.17, 15) is 14.0 Å². The number of hydrogen-bond acceptors (Lipinski definition) is 3. The third kappa shape index (κ3) is 5.49. The summed E-state index contributed by atoms with van der Waals surface area (Å²) in [6, 6.07) is 6.14. The quantitative estimate of drug-likeness (QED) is 0.754. The zero-order valence-corrected chi connectivity index (χ0v) is 13.5. The van der Waals surface area contributed by atoms with Crippen molar-refractivity contribution >= 4 is 11.8 Å². The van der Waals surface area contributed by atoms with Crippen LogP contribution >= 0.6 is 0 Å². The maximum atomic E-state index is 13.1. The van der Waals surface area contributed by atoms with Crippen LogP contribution in [0.3, 0.4) is 0 Å². The second-order valence-electron chi connectivity index (χ2n) is 5.76. The maximum absolute atomic E-state index is 13.1. The molecule has 0 unspecified atom stereocenters.